The van der Waals surface area contributed by atoms with Crippen LogP contribution in [-0.2, 0) is 6.54 Å². The molecule has 152 valence electrons. The first kappa shape index (κ1) is 19.4. The second-order valence-corrected chi connectivity index (χ2v) is 9.17. The minimum Gasteiger partial charge on any atom is -0.494 e. The van der Waals surface area contributed by atoms with Crippen LogP contribution in [0.5, 0.6) is 5.88 Å². The zero-order chi connectivity index (χ0) is 21.7. The molecule has 0 amide bonds. The van der Waals surface area contributed by atoms with E-state index >= 15 is 0 Å². The Morgan fingerprint density at radius 1 is 1.29 bits per heavy atom. The zero-order valence-corrected chi connectivity index (χ0v) is 18.3. The van der Waals surface area contributed by atoms with Gasteiger partial charge in [0.05, 0.1) is 10.1 Å². The van der Waals surface area contributed by atoms with E-state index in [4.69, 9.17) is 4.98 Å². The number of fused-ring (bicyclic) bond motifs is 2. The van der Waals surface area contributed by atoms with E-state index < -0.39 is 5.56 Å². The highest BCUT2D eigenvalue weighted by Gasteiger charge is 2.17. The predicted molar refractivity (Wildman–Crippen MR) is 123 cm³/mol. The lowest BCUT2D eigenvalue weighted by molar-refractivity contribution is 0.409. The van der Waals surface area contributed by atoms with Crippen molar-refractivity contribution in [1.82, 2.24) is 9.55 Å². The van der Waals surface area contributed by atoms with Crippen LogP contribution < -0.4 is 25.3 Å². The SMILES string of the molecule is CCn1c(O)c(C=c2cc3sc(=C4C=c5ccccc5=N4)nc3s2)c(C)c(C#N)c1=O. The lowest BCUT2D eigenvalue weighted by Crippen LogP contribution is -2.24. The van der Waals surface area contributed by atoms with E-state index in [0.717, 1.165) is 35.0 Å². The molecule has 0 aliphatic carbocycles. The van der Waals surface area contributed by atoms with E-state index in [1.165, 1.54) is 15.9 Å². The number of thiazole rings is 1. The molecule has 0 fully saturated rings. The summed E-state index contributed by atoms with van der Waals surface area (Å²) in [6.45, 7) is 3.73. The third kappa shape index (κ3) is 3.10. The van der Waals surface area contributed by atoms with E-state index in [1.54, 1.807) is 25.2 Å². The summed E-state index contributed by atoms with van der Waals surface area (Å²) in [6.07, 6.45) is 3.86. The van der Waals surface area contributed by atoms with Crippen LogP contribution in [0, 0.1) is 18.3 Å². The number of nitriles is 1. The molecule has 0 spiro atoms. The van der Waals surface area contributed by atoms with Crippen LogP contribution in [0.1, 0.15) is 23.6 Å². The summed E-state index contributed by atoms with van der Waals surface area (Å²) in [4.78, 5) is 22.7. The van der Waals surface area contributed by atoms with Gasteiger partial charge in [-0.3, -0.25) is 9.36 Å². The summed E-state index contributed by atoms with van der Waals surface area (Å²) >= 11 is 3.07. The molecule has 0 bridgehead atoms. The van der Waals surface area contributed by atoms with Crippen molar-refractivity contribution < 1.29 is 5.11 Å². The summed E-state index contributed by atoms with van der Waals surface area (Å²) < 4.78 is 4.01. The number of pyridine rings is 1. The highest BCUT2D eigenvalue weighted by atomic mass is 32.1. The number of aromatic hydroxyl groups is 1. The molecule has 4 heterocycles. The zero-order valence-electron chi connectivity index (χ0n) is 16.7. The van der Waals surface area contributed by atoms with Crippen molar-refractivity contribution >= 4 is 50.1 Å². The van der Waals surface area contributed by atoms with E-state index in [2.05, 4.69) is 4.99 Å². The normalized spacial score (nSPS) is 14.9. The molecule has 3 aromatic heterocycles. The second kappa shape index (κ2) is 7.30. The fourth-order valence-corrected chi connectivity index (χ4v) is 5.77. The van der Waals surface area contributed by atoms with Gasteiger partial charge in [0.15, 0.2) is 0 Å². The molecular formula is C23H16N4O2S2. The molecule has 1 aliphatic rings. The van der Waals surface area contributed by atoms with Crippen molar-refractivity contribution in [2.75, 3.05) is 0 Å². The van der Waals surface area contributed by atoms with Crippen LogP contribution in [0.25, 0.3) is 27.4 Å². The topological polar surface area (TPSA) is 91.3 Å². The molecular weight excluding hydrogens is 428 g/mol. The van der Waals surface area contributed by atoms with Crippen LogP contribution in [0.2, 0.25) is 0 Å². The Morgan fingerprint density at radius 2 is 2.10 bits per heavy atom. The Hall–Kier alpha value is -3.54. The number of thiophene rings is 1. The average molecular weight is 445 g/mol. The molecule has 4 aromatic rings. The van der Waals surface area contributed by atoms with Gasteiger partial charge in [-0.15, -0.1) is 22.7 Å². The molecule has 0 saturated heterocycles. The Morgan fingerprint density at radius 3 is 2.81 bits per heavy atom. The maximum atomic E-state index is 12.4. The Labute approximate surface area is 184 Å². The van der Waals surface area contributed by atoms with Crippen molar-refractivity contribution in [3.63, 3.8) is 0 Å². The number of rotatable bonds is 2. The number of hydrogen-bond acceptors (Lipinski definition) is 7. The van der Waals surface area contributed by atoms with E-state index in [0.29, 0.717) is 11.1 Å². The van der Waals surface area contributed by atoms with E-state index in [9.17, 15) is 15.2 Å². The summed E-state index contributed by atoms with van der Waals surface area (Å²) in [5.41, 5.74) is 1.41. The van der Waals surface area contributed by atoms with Gasteiger partial charge in [0.2, 0.25) is 5.88 Å². The van der Waals surface area contributed by atoms with Crippen LogP contribution in [-0.4, -0.2) is 14.7 Å². The van der Waals surface area contributed by atoms with Gasteiger partial charge in [-0.1, -0.05) is 18.2 Å². The van der Waals surface area contributed by atoms with Gasteiger partial charge in [-0.2, -0.15) is 5.26 Å². The molecule has 0 atom stereocenters. The Bertz CT molecular complexity index is 1660. The molecule has 1 N–H and O–H groups in total. The quantitative estimate of drug-likeness (QED) is 0.507. The van der Waals surface area contributed by atoms with Crippen molar-refractivity contribution in [2.45, 2.75) is 20.4 Å². The van der Waals surface area contributed by atoms with E-state index in [-0.39, 0.29) is 18.0 Å². The highest BCUT2D eigenvalue weighted by Crippen LogP contribution is 2.24. The van der Waals surface area contributed by atoms with Gasteiger partial charge >= 0.3 is 0 Å². The highest BCUT2D eigenvalue weighted by molar-refractivity contribution is 7.25. The Balaban J connectivity index is 1.67. The maximum Gasteiger partial charge on any atom is 0.271 e. The minimum atomic E-state index is -0.467. The van der Waals surface area contributed by atoms with Gasteiger partial charge in [-0.25, -0.2) is 9.98 Å². The summed E-state index contributed by atoms with van der Waals surface area (Å²) in [7, 11) is 0. The van der Waals surface area contributed by atoms with E-state index in [1.807, 2.05) is 48.6 Å². The van der Waals surface area contributed by atoms with Crippen molar-refractivity contribution in [3.05, 3.63) is 77.1 Å². The summed E-state index contributed by atoms with van der Waals surface area (Å²) in [5.74, 6) is -0.123. The molecule has 31 heavy (non-hydrogen) atoms. The van der Waals surface area contributed by atoms with Crippen LogP contribution in [0.3, 0.4) is 0 Å². The van der Waals surface area contributed by atoms with Crippen molar-refractivity contribution in [1.29, 1.82) is 5.26 Å². The molecule has 6 nitrogen and oxygen atoms in total. The average Bonchev–Trinajstić information content (AvgIpc) is 3.44. The number of benzene rings is 1. The first-order valence-corrected chi connectivity index (χ1v) is 11.3. The number of nitrogens with zero attached hydrogens (tertiary/aromatic N) is 4. The molecule has 1 aromatic carbocycles. The molecule has 5 rings (SSSR count). The Kier molecular flexibility index (Phi) is 4.58. The third-order valence-corrected chi connectivity index (χ3v) is 7.38. The first-order chi connectivity index (χ1) is 15.0. The predicted octanol–water partition coefficient (Wildman–Crippen LogP) is 1.48. The molecule has 0 radical (unpaired) electrons. The lowest BCUT2D eigenvalue weighted by atomic mass is 10.1. The van der Waals surface area contributed by atoms with Gasteiger partial charge in [0.25, 0.3) is 5.56 Å². The number of para-hydroxylation sites is 1. The third-order valence-electron chi connectivity index (χ3n) is 5.25. The minimum absolute atomic E-state index is 0.0547. The summed E-state index contributed by atoms with van der Waals surface area (Å²) in [5, 5.41) is 22.1. The summed E-state index contributed by atoms with van der Waals surface area (Å²) in [6, 6.07) is 12.0. The maximum absolute atomic E-state index is 12.4. The molecule has 8 heteroatoms. The molecule has 0 unspecified atom stereocenters. The monoisotopic (exact) mass is 444 g/mol. The second-order valence-electron chi connectivity index (χ2n) is 7.08. The fraction of sp³-hybridized carbons (Fsp3) is 0.130. The smallest absolute Gasteiger partial charge is 0.271 e. The van der Waals surface area contributed by atoms with Gasteiger partial charge in [-0.05, 0) is 43.7 Å². The van der Waals surface area contributed by atoms with Gasteiger partial charge < -0.3 is 5.11 Å². The van der Waals surface area contributed by atoms with Crippen molar-refractivity contribution in [3.8, 4) is 11.9 Å². The number of aromatic nitrogens is 2. The number of hydrogen-bond donors (Lipinski definition) is 1. The van der Waals surface area contributed by atoms with Gasteiger partial charge in [0, 0.05) is 21.9 Å². The van der Waals surface area contributed by atoms with Crippen LogP contribution >= 0.6 is 22.7 Å². The molecule has 1 aliphatic heterocycles. The fourth-order valence-electron chi connectivity index (χ4n) is 3.64. The van der Waals surface area contributed by atoms with Crippen LogP contribution in [0.4, 0.5) is 0 Å². The molecule has 0 saturated carbocycles. The van der Waals surface area contributed by atoms with Crippen LogP contribution in [0.15, 0.2) is 40.1 Å². The van der Waals surface area contributed by atoms with Crippen molar-refractivity contribution in [2.24, 2.45) is 4.99 Å². The lowest BCUT2D eigenvalue weighted by Gasteiger charge is -2.12. The largest absolute Gasteiger partial charge is 0.494 e. The standard InChI is InChI=1S/C23H16N4O2S2/c1-3-27-22(28)15(12(2)16(11-24)23(27)29)9-14-10-19-21(30-14)26-20(31-19)18-8-13-6-4-5-7-17(13)25-18/h4-10,28H,3H2,1-2H3. The van der Waals surface area contributed by atoms with Gasteiger partial charge in [0.1, 0.15) is 26.8 Å². The first-order valence-electron chi connectivity index (χ1n) is 9.64.